The van der Waals surface area contributed by atoms with Crippen molar-refractivity contribution in [3.8, 4) is 11.5 Å². The number of benzene rings is 1. The number of aromatic nitrogens is 1. The highest BCUT2D eigenvalue weighted by Crippen LogP contribution is 2.28. The fourth-order valence-corrected chi connectivity index (χ4v) is 2.73. The molecule has 0 spiro atoms. The number of nitrogens with zero attached hydrogens (tertiary/aromatic N) is 2. The second kappa shape index (κ2) is 8.72. The lowest BCUT2D eigenvalue weighted by molar-refractivity contribution is 0.0734. The topological polar surface area (TPSA) is 89.9 Å². The van der Waals surface area contributed by atoms with Crippen LogP contribution in [0.2, 0.25) is 0 Å². The Morgan fingerprint density at radius 1 is 1.15 bits per heavy atom. The van der Waals surface area contributed by atoms with Gasteiger partial charge in [-0.25, -0.2) is 10.2 Å². The third kappa shape index (κ3) is 4.77. The summed E-state index contributed by atoms with van der Waals surface area (Å²) in [4.78, 5) is 28.3. The van der Waals surface area contributed by atoms with Crippen molar-refractivity contribution in [2.24, 2.45) is 5.10 Å². The summed E-state index contributed by atoms with van der Waals surface area (Å²) in [6.45, 7) is 0. The van der Waals surface area contributed by atoms with Crippen LogP contribution in [0, 0.1) is 0 Å². The van der Waals surface area contributed by atoms with Crippen molar-refractivity contribution in [2.45, 2.75) is 0 Å². The van der Waals surface area contributed by atoms with Gasteiger partial charge in [-0.3, -0.25) is 9.78 Å². The number of hydrogen-bond acceptors (Lipinski definition) is 7. The highest BCUT2D eigenvalue weighted by molar-refractivity contribution is 7.12. The number of esters is 1. The molecule has 0 fully saturated rings. The molecule has 1 amide bonds. The van der Waals surface area contributed by atoms with Crippen LogP contribution >= 0.6 is 11.3 Å². The van der Waals surface area contributed by atoms with Crippen molar-refractivity contribution in [2.75, 3.05) is 7.11 Å². The van der Waals surface area contributed by atoms with Crippen LogP contribution in [0.4, 0.5) is 0 Å². The number of methoxy groups -OCH3 is 1. The molecule has 27 heavy (non-hydrogen) atoms. The minimum atomic E-state index is -0.450. The first-order chi connectivity index (χ1) is 13.2. The minimum absolute atomic E-state index is 0.300. The summed E-state index contributed by atoms with van der Waals surface area (Å²) in [6.07, 6.45) is 4.52. The number of carbonyl (C=O) groups is 2. The molecule has 0 bridgehead atoms. The van der Waals surface area contributed by atoms with E-state index in [1.807, 2.05) is 0 Å². The van der Waals surface area contributed by atoms with Crippen molar-refractivity contribution < 1.29 is 19.1 Å². The van der Waals surface area contributed by atoms with E-state index in [0.717, 1.165) is 0 Å². The molecule has 7 nitrogen and oxygen atoms in total. The highest BCUT2D eigenvalue weighted by Gasteiger charge is 2.13. The van der Waals surface area contributed by atoms with Crippen LogP contribution in [-0.2, 0) is 0 Å². The van der Waals surface area contributed by atoms with Crippen LogP contribution in [-0.4, -0.2) is 30.2 Å². The molecule has 2 aromatic heterocycles. The van der Waals surface area contributed by atoms with Crippen molar-refractivity contribution in [1.82, 2.24) is 10.4 Å². The van der Waals surface area contributed by atoms with Gasteiger partial charge >= 0.3 is 5.97 Å². The summed E-state index contributed by atoms with van der Waals surface area (Å²) in [5.41, 5.74) is 3.55. The Labute approximate surface area is 159 Å². The van der Waals surface area contributed by atoms with E-state index in [0.29, 0.717) is 27.5 Å². The molecule has 0 unspecified atom stereocenters. The smallest absolute Gasteiger partial charge is 0.353 e. The van der Waals surface area contributed by atoms with Gasteiger partial charge in [0.1, 0.15) is 4.88 Å². The molecule has 3 rings (SSSR count). The van der Waals surface area contributed by atoms with Crippen LogP contribution in [0.1, 0.15) is 25.6 Å². The molecule has 8 heteroatoms. The summed E-state index contributed by atoms with van der Waals surface area (Å²) in [5, 5.41) is 5.72. The van der Waals surface area contributed by atoms with E-state index >= 15 is 0 Å². The Balaban J connectivity index is 1.66. The van der Waals surface area contributed by atoms with Gasteiger partial charge in [0.15, 0.2) is 11.5 Å². The number of rotatable bonds is 6. The number of thiophene rings is 1. The largest absolute Gasteiger partial charge is 0.493 e. The standard InChI is InChI=1S/C19H15N3O4S/c1-25-16-11-13(12-21-22-18(23)14-6-8-20-9-7-14)4-5-15(16)26-19(24)17-3-2-10-27-17/h2-12H,1H3,(H,22,23)/b21-12-. The highest BCUT2D eigenvalue weighted by atomic mass is 32.1. The Kier molecular flexibility index (Phi) is 5.91. The first-order valence-electron chi connectivity index (χ1n) is 7.84. The van der Waals surface area contributed by atoms with Gasteiger partial charge in [-0.15, -0.1) is 11.3 Å². The van der Waals surface area contributed by atoms with E-state index in [2.05, 4.69) is 15.5 Å². The maximum Gasteiger partial charge on any atom is 0.353 e. The lowest BCUT2D eigenvalue weighted by Crippen LogP contribution is -2.17. The third-order valence-electron chi connectivity index (χ3n) is 3.43. The van der Waals surface area contributed by atoms with E-state index in [1.54, 1.807) is 47.8 Å². The lowest BCUT2D eigenvalue weighted by atomic mass is 10.2. The maximum absolute atomic E-state index is 12.1. The Morgan fingerprint density at radius 2 is 1.96 bits per heavy atom. The zero-order valence-electron chi connectivity index (χ0n) is 14.3. The van der Waals surface area contributed by atoms with Crippen molar-refractivity contribution in [3.05, 3.63) is 76.2 Å². The fourth-order valence-electron chi connectivity index (χ4n) is 2.13. The second-order valence-corrected chi connectivity index (χ2v) is 6.16. The van der Waals surface area contributed by atoms with Crippen LogP contribution < -0.4 is 14.9 Å². The number of hydrazone groups is 1. The van der Waals surface area contributed by atoms with Gasteiger partial charge in [0.05, 0.1) is 13.3 Å². The lowest BCUT2D eigenvalue weighted by Gasteiger charge is -2.09. The first kappa shape index (κ1) is 18.3. The average Bonchev–Trinajstić information content (AvgIpc) is 3.24. The number of ether oxygens (including phenoxy) is 2. The molecule has 1 aromatic carbocycles. The molecule has 2 heterocycles. The van der Waals surface area contributed by atoms with Gasteiger partial charge in [-0.2, -0.15) is 5.10 Å². The summed E-state index contributed by atoms with van der Waals surface area (Å²) < 4.78 is 10.6. The molecular weight excluding hydrogens is 366 g/mol. The molecule has 0 saturated heterocycles. The van der Waals surface area contributed by atoms with Gasteiger partial charge in [0, 0.05) is 18.0 Å². The van der Waals surface area contributed by atoms with E-state index in [4.69, 9.17) is 9.47 Å². The molecule has 0 radical (unpaired) electrons. The molecule has 0 saturated carbocycles. The Morgan fingerprint density at radius 3 is 2.67 bits per heavy atom. The predicted molar refractivity (Wildman–Crippen MR) is 102 cm³/mol. The van der Waals surface area contributed by atoms with E-state index in [9.17, 15) is 9.59 Å². The van der Waals surface area contributed by atoms with Gasteiger partial charge in [-0.05, 0) is 47.3 Å². The average molecular weight is 381 g/mol. The van der Waals surface area contributed by atoms with Crippen molar-refractivity contribution >= 4 is 29.4 Å². The number of nitrogens with one attached hydrogen (secondary N) is 1. The number of amides is 1. The van der Waals surface area contributed by atoms with E-state index < -0.39 is 5.97 Å². The normalized spacial score (nSPS) is 10.6. The number of pyridine rings is 1. The monoisotopic (exact) mass is 381 g/mol. The zero-order valence-corrected chi connectivity index (χ0v) is 15.1. The number of carbonyl (C=O) groups excluding carboxylic acids is 2. The minimum Gasteiger partial charge on any atom is -0.493 e. The maximum atomic E-state index is 12.1. The quantitative estimate of drug-likeness (QED) is 0.307. The third-order valence-corrected chi connectivity index (χ3v) is 4.28. The molecular formula is C19H15N3O4S. The van der Waals surface area contributed by atoms with Gasteiger partial charge in [-0.1, -0.05) is 6.07 Å². The Bertz CT molecular complexity index is 956. The van der Waals surface area contributed by atoms with Gasteiger partial charge < -0.3 is 9.47 Å². The Hall–Kier alpha value is -3.52. The molecule has 0 aliphatic heterocycles. The van der Waals surface area contributed by atoms with E-state index in [-0.39, 0.29) is 5.91 Å². The van der Waals surface area contributed by atoms with Gasteiger partial charge in [0.2, 0.25) is 0 Å². The van der Waals surface area contributed by atoms with Crippen LogP contribution in [0.15, 0.2) is 65.3 Å². The summed E-state index contributed by atoms with van der Waals surface area (Å²) in [7, 11) is 1.48. The van der Waals surface area contributed by atoms with Crippen LogP contribution in [0.25, 0.3) is 0 Å². The second-order valence-electron chi connectivity index (χ2n) is 5.21. The summed E-state index contributed by atoms with van der Waals surface area (Å²) in [5.74, 6) is -0.116. The fraction of sp³-hybridized carbons (Fsp3) is 0.0526. The zero-order chi connectivity index (χ0) is 19.1. The van der Waals surface area contributed by atoms with Crippen molar-refractivity contribution in [3.63, 3.8) is 0 Å². The molecule has 1 N–H and O–H groups in total. The molecule has 136 valence electrons. The van der Waals surface area contributed by atoms with E-state index in [1.165, 1.54) is 37.1 Å². The summed E-state index contributed by atoms with van der Waals surface area (Å²) in [6, 6.07) is 11.6. The molecule has 3 aromatic rings. The predicted octanol–water partition coefficient (Wildman–Crippen LogP) is 3.13. The number of hydrogen-bond donors (Lipinski definition) is 1. The first-order valence-corrected chi connectivity index (χ1v) is 8.72. The molecule has 0 atom stereocenters. The van der Waals surface area contributed by atoms with Crippen LogP contribution in [0.3, 0.4) is 0 Å². The van der Waals surface area contributed by atoms with Gasteiger partial charge in [0.25, 0.3) is 5.91 Å². The molecule has 0 aliphatic rings. The van der Waals surface area contributed by atoms with Crippen molar-refractivity contribution in [1.29, 1.82) is 0 Å². The summed E-state index contributed by atoms with van der Waals surface area (Å²) >= 11 is 1.30. The SMILES string of the molecule is COc1cc(/C=N\NC(=O)c2ccncc2)ccc1OC(=O)c1cccs1. The molecule has 0 aliphatic carbocycles. The van der Waals surface area contributed by atoms with Crippen LogP contribution in [0.5, 0.6) is 11.5 Å².